The van der Waals surface area contributed by atoms with E-state index in [4.69, 9.17) is 25.8 Å². The molecule has 1 fully saturated rings. The summed E-state index contributed by atoms with van der Waals surface area (Å²) in [6, 6.07) is 5.70. The van der Waals surface area contributed by atoms with Gasteiger partial charge in [-0.2, -0.15) is 0 Å². The number of epoxide rings is 1. The highest BCUT2D eigenvalue weighted by atomic mass is 35.5. The monoisotopic (exact) mass is 252 g/mol. The molecular weight excluding hydrogens is 240 g/mol. The summed E-state index contributed by atoms with van der Waals surface area (Å²) in [6.45, 7) is 4.29. The van der Waals surface area contributed by atoms with Crippen molar-refractivity contribution in [1.29, 1.82) is 0 Å². The molecule has 1 saturated heterocycles. The van der Waals surface area contributed by atoms with Crippen molar-refractivity contribution in [3.63, 3.8) is 0 Å². The molecule has 4 heteroatoms. The Bertz CT molecular complexity index is 493. The van der Waals surface area contributed by atoms with Crippen LogP contribution in [0.2, 0.25) is 0 Å². The third-order valence-electron chi connectivity index (χ3n) is 2.96. The van der Waals surface area contributed by atoms with Gasteiger partial charge >= 0.3 is 0 Å². The third-order valence-corrected chi connectivity index (χ3v) is 3.27. The van der Waals surface area contributed by atoms with E-state index in [9.17, 15) is 0 Å². The highest BCUT2D eigenvalue weighted by molar-refractivity contribution is 6.32. The van der Waals surface area contributed by atoms with Crippen LogP contribution in [0.25, 0.3) is 6.08 Å². The number of hydrogen-bond donors (Lipinski definition) is 0. The molecule has 1 unspecified atom stereocenters. The van der Waals surface area contributed by atoms with E-state index in [2.05, 4.69) is 0 Å². The van der Waals surface area contributed by atoms with E-state index in [-0.39, 0.29) is 18.5 Å². The molecule has 2 bridgehead atoms. The number of fused-ring (bicyclic) bond motifs is 2. The van der Waals surface area contributed by atoms with Crippen LogP contribution in [0.5, 0.6) is 11.5 Å². The highest BCUT2D eigenvalue weighted by Crippen LogP contribution is 2.43. The second-order valence-electron chi connectivity index (χ2n) is 4.74. The molecule has 0 spiro atoms. The smallest absolute Gasteiger partial charge is 0.230 e. The first kappa shape index (κ1) is 10.9. The molecule has 2 aliphatic rings. The first-order valence-electron chi connectivity index (χ1n) is 5.51. The number of rotatable bonds is 2. The van der Waals surface area contributed by atoms with Crippen LogP contribution in [0.3, 0.4) is 0 Å². The second kappa shape index (κ2) is 3.65. The summed E-state index contributed by atoms with van der Waals surface area (Å²) in [4.78, 5) is 0. The molecule has 17 heavy (non-hydrogen) atoms. The summed E-state index contributed by atoms with van der Waals surface area (Å²) in [7, 11) is 0. The number of ether oxygens (including phenoxy) is 3. The van der Waals surface area contributed by atoms with Gasteiger partial charge in [-0.25, -0.2) is 0 Å². The second-order valence-corrected chi connectivity index (χ2v) is 5.17. The van der Waals surface area contributed by atoms with Gasteiger partial charge in [-0.15, -0.1) is 0 Å². The molecule has 0 aromatic heterocycles. The van der Waals surface area contributed by atoms with Crippen LogP contribution in [-0.4, -0.2) is 18.5 Å². The number of halogens is 1. The van der Waals surface area contributed by atoms with Gasteiger partial charge in [0.1, 0.15) is 17.6 Å². The maximum absolute atomic E-state index is 6.23. The molecule has 90 valence electrons. The van der Waals surface area contributed by atoms with Crippen LogP contribution in [0.1, 0.15) is 19.4 Å². The van der Waals surface area contributed by atoms with Crippen LogP contribution in [0.15, 0.2) is 23.2 Å². The van der Waals surface area contributed by atoms with E-state index in [1.165, 1.54) is 0 Å². The van der Waals surface area contributed by atoms with E-state index in [0.717, 1.165) is 17.1 Å². The van der Waals surface area contributed by atoms with Crippen LogP contribution in [-0.2, 0) is 4.74 Å². The van der Waals surface area contributed by atoms with Crippen molar-refractivity contribution in [2.24, 2.45) is 0 Å². The molecular formula is C13H13ClO3. The minimum atomic E-state index is -0.144. The number of benzene rings is 1. The van der Waals surface area contributed by atoms with Crippen LogP contribution < -0.4 is 9.47 Å². The summed E-state index contributed by atoms with van der Waals surface area (Å²) in [5, 5.41) is 0.703. The molecule has 0 amide bonds. The zero-order valence-corrected chi connectivity index (χ0v) is 10.5. The standard InChI is InChI=1S/C13H13ClO3/c1-13(2)12(17-13)10(14)5-8-3-4-9-6-11(8)16-7-15-9/h3-6,12H,7H2,1-2H3/b10-5-. The van der Waals surface area contributed by atoms with Gasteiger partial charge in [0.15, 0.2) is 0 Å². The van der Waals surface area contributed by atoms with Crippen LogP contribution in [0.4, 0.5) is 0 Å². The Kier molecular flexibility index (Phi) is 2.35. The zero-order valence-electron chi connectivity index (χ0n) is 9.70. The van der Waals surface area contributed by atoms with Gasteiger partial charge in [-0.05, 0) is 32.1 Å². The maximum Gasteiger partial charge on any atom is 0.230 e. The third kappa shape index (κ3) is 2.01. The average molecular weight is 253 g/mol. The van der Waals surface area contributed by atoms with Crippen molar-refractivity contribution >= 4 is 17.7 Å². The van der Waals surface area contributed by atoms with Gasteiger partial charge in [0.05, 0.1) is 10.6 Å². The van der Waals surface area contributed by atoms with Crippen LogP contribution >= 0.6 is 11.6 Å². The molecule has 1 atom stereocenters. The lowest BCUT2D eigenvalue weighted by Gasteiger charge is -2.17. The Hall–Kier alpha value is -1.19. The summed E-state index contributed by atoms with van der Waals surface area (Å²) in [5.41, 5.74) is 0.808. The van der Waals surface area contributed by atoms with Crippen molar-refractivity contribution in [3.8, 4) is 11.5 Å². The van der Waals surface area contributed by atoms with Gasteiger partial charge in [0.2, 0.25) is 6.79 Å². The van der Waals surface area contributed by atoms with Crippen molar-refractivity contribution in [1.82, 2.24) is 0 Å². The van der Waals surface area contributed by atoms with Crippen molar-refractivity contribution in [2.75, 3.05) is 6.79 Å². The Morgan fingerprint density at radius 1 is 1.41 bits per heavy atom. The quantitative estimate of drug-likeness (QED) is 0.758. The van der Waals surface area contributed by atoms with Crippen molar-refractivity contribution in [2.45, 2.75) is 25.6 Å². The Morgan fingerprint density at radius 2 is 2.18 bits per heavy atom. The summed E-state index contributed by atoms with van der Waals surface area (Å²) >= 11 is 6.23. The predicted molar refractivity (Wildman–Crippen MR) is 65.3 cm³/mol. The van der Waals surface area contributed by atoms with Gasteiger partial charge in [-0.1, -0.05) is 11.6 Å². The van der Waals surface area contributed by atoms with E-state index >= 15 is 0 Å². The minimum absolute atomic E-state index is 0.00381. The molecule has 2 heterocycles. The average Bonchev–Trinajstić information content (AvgIpc) is 2.93. The van der Waals surface area contributed by atoms with Gasteiger partial charge < -0.3 is 14.2 Å². The lowest BCUT2D eigenvalue weighted by atomic mass is 10.1. The molecule has 1 aromatic carbocycles. The fraction of sp³-hybridized carbons (Fsp3) is 0.385. The fourth-order valence-corrected chi connectivity index (χ4v) is 2.32. The molecule has 0 N–H and O–H groups in total. The highest BCUT2D eigenvalue weighted by Gasteiger charge is 2.49. The van der Waals surface area contributed by atoms with Crippen molar-refractivity contribution < 1.29 is 14.2 Å². The van der Waals surface area contributed by atoms with E-state index in [0.29, 0.717) is 5.03 Å². The molecule has 1 aromatic rings. The molecule has 0 saturated carbocycles. The minimum Gasteiger partial charge on any atom is -0.457 e. The molecule has 0 aliphatic carbocycles. The number of hydrogen-bond acceptors (Lipinski definition) is 3. The van der Waals surface area contributed by atoms with E-state index in [1.54, 1.807) is 0 Å². The van der Waals surface area contributed by atoms with Crippen molar-refractivity contribution in [3.05, 3.63) is 28.8 Å². The fourth-order valence-electron chi connectivity index (χ4n) is 1.89. The Morgan fingerprint density at radius 3 is 2.88 bits per heavy atom. The molecule has 3 nitrogen and oxygen atoms in total. The summed E-state index contributed by atoms with van der Waals surface area (Å²) < 4.78 is 16.1. The topological polar surface area (TPSA) is 31.0 Å². The Balaban J connectivity index is 1.88. The van der Waals surface area contributed by atoms with E-state index < -0.39 is 0 Å². The molecule has 3 rings (SSSR count). The lowest BCUT2D eigenvalue weighted by Crippen LogP contribution is -2.11. The maximum atomic E-state index is 6.23. The predicted octanol–water partition coefficient (Wildman–Crippen LogP) is 3.17. The van der Waals surface area contributed by atoms with Crippen LogP contribution in [0, 0.1) is 0 Å². The zero-order chi connectivity index (χ0) is 12.0. The van der Waals surface area contributed by atoms with Gasteiger partial charge in [0.25, 0.3) is 0 Å². The Labute approximate surface area is 105 Å². The van der Waals surface area contributed by atoms with E-state index in [1.807, 2.05) is 38.1 Å². The first-order valence-corrected chi connectivity index (χ1v) is 5.89. The molecule has 2 aliphatic heterocycles. The van der Waals surface area contributed by atoms with Gasteiger partial charge in [-0.3, -0.25) is 0 Å². The summed E-state index contributed by atoms with van der Waals surface area (Å²) in [5.74, 6) is 1.62. The SMILES string of the molecule is CC1(C)OC1/C(Cl)=C/c1ccc2cc1OCO2. The summed E-state index contributed by atoms with van der Waals surface area (Å²) in [6.07, 6.45) is 1.89. The van der Waals surface area contributed by atoms with Gasteiger partial charge in [0, 0.05) is 11.6 Å². The normalized spacial score (nSPS) is 24.9. The largest absolute Gasteiger partial charge is 0.457 e. The molecule has 0 radical (unpaired) electrons. The first-order chi connectivity index (χ1) is 8.06. The lowest BCUT2D eigenvalue weighted by molar-refractivity contribution is 0.105.